The molecule has 0 radical (unpaired) electrons. The van der Waals surface area contributed by atoms with Crippen LogP contribution in [0.1, 0.15) is 36.8 Å². The van der Waals surface area contributed by atoms with Gasteiger partial charge in [-0.3, -0.25) is 0 Å². The van der Waals surface area contributed by atoms with E-state index in [1.807, 2.05) is 0 Å². The smallest absolute Gasteiger partial charge is 0.0580 e. The van der Waals surface area contributed by atoms with Crippen LogP contribution >= 0.6 is 0 Å². The minimum atomic E-state index is -0.0927. The largest absolute Gasteiger partial charge is 0.393 e. The zero-order valence-electron chi connectivity index (χ0n) is 12.4. The van der Waals surface area contributed by atoms with E-state index in [0.29, 0.717) is 5.92 Å². The van der Waals surface area contributed by atoms with Crippen LogP contribution in [0.2, 0.25) is 0 Å². The molecule has 110 valence electrons. The maximum atomic E-state index is 9.98. The summed E-state index contributed by atoms with van der Waals surface area (Å²) in [7, 11) is 2.16. The Hall–Kier alpha value is -1.06. The summed E-state index contributed by atoms with van der Waals surface area (Å²) in [6, 6.07) is 6.81. The van der Waals surface area contributed by atoms with Crippen LogP contribution in [0.25, 0.3) is 0 Å². The molecule has 1 saturated carbocycles. The van der Waals surface area contributed by atoms with Gasteiger partial charge in [0.25, 0.3) is 0 Å². The van der Waals surface area contributed by atoms with E-state index in [2.05, 4.69) is 35.5 Å². The molecule has 1 aromatic rings. The van der Waals surface area contributed by atoms with Crippen LogP contribution < -0.4 is 10.2 Å². The lowest BCUT2D eigenvalue weighted by Gasteiger charge is -2.27. The SMILES string of the molecule is CN1CCc2cc(CNCC3CCCCC3O)ccc21. The van der Waals surface area contributed by atoms with Crippen LogP contribution in [-0.4, -0.2) is 31.3 Å². The van der Waals surface area contributed by atoms with Gasteiger partial charge in [0, 0.05) is 32.4 Å². The van der Waals surface area contributed by atoms with Gasteiger partial charge in [-0.1, -0.05) is 25.0 Å². The van der Waals surface area contributed by atoms with Gasteiger partial charge in [0.1, 0.15) is 0 Å². The summed E-state index contributed by atoms with van der Waals surface area (Å²) in [5.74, 6) is 0.448. The van der Waals surface area contributed by atoms with Gasteiger partial charge in [0.15, 0.2) is 0 Å². The maximum Gasteiger partial charge on any atom is 0.0580 e. The molecule has 0 spiro atoms. The van der Waals surface area contributed by atoms with Crippen molar-refractivity contribution >= 4 is 5.69 Å². The molecule has 0 aromatic heterocycles. The van der Waals surface area contributed by atoms with Crippen molar-refractivity contribution in [1.29, 1.82) is 0 Å². The van der Waals surface area contributed by atoms with Crippen molar-refractivity contribution in [2.75, 3.05) is 25.0 Å². The zero-order chi connectivity index (χ0) is 13.9. The molecular formula is C17H26N2O. The summed E-state index contributed by atoms with van der Waals surface area (Å²) >= 11 is 0. The van der Waals surface area contributed by atoms with Gasteiger partial charge in [0.2, 0.25) is 0 Å². The van der Waals surface area contributed by atoms with E-state index >= 15 is 0 Å². The summed E-state index contributed by atoms with van der Waals surface area (Å²) < 4.78 is 0. The maximum absolute atomic E-state index is 9.98. The first-order chi connectivity index (χ1) is 9.74. The monoisotopic (exact) mass is 274 g/mol. The Morgan fingerprint density at radius 1 is 1.30 bits per heavy atom. The molecule has 3 nitrogen and oxygen atoms in total. The fourth-order valence-electron chi connectivity index (χ4n) is 3.56. The number of hydrogen-bond donors (Lipinski definition) is 2. The molecule has 3 rings (SSSR count). The molecule has 2 N–H and O–H groups in total. The lowest BCUT2D eigenvalue weighted by Crippen LogP contribution is -2.33. The van der Waals surface area contributed by atoms with Crippen LogP contribution in [0.3, 0.4) is 0 Å². The van der Waals surface area contributed by atoms with E-state index in [9.17, 15) is 5.11 Å². The molecule has 3 heteroatoms. The molecule has 1 fully saturated rings. The normalized spacial score (nSPS) is 25.8. The minimum Gasteiger partial charge on any atom is -0.393 e. The highest BCUT2D eigenvalue weighted by Gasteiger charge is 2.22. The summed E-state index contributed by atoms with van der Waals surface area (Å²) in [5, 5.41) is 13.5. The second-order valence-electron chi connectivity index (χ2n) is 6.38. The van der Waals surface area contributed by atoms with Gasteiger partial charge in [-0.2, -0.15) is 0 Å². The Morgan fingerprint density at radius 2 is 2.15 bits per heavy atom. The fraction of sp³-hybridized carbons (Fsp3) is 0.647. The van der Waals surface area contributed by atoms with Crippen LogP contribution in [-0.2, 0) is 13.0 Å². The quantitative estimate of drug-likeness (QED) is 0.884. The fourth-order valence-corrected chi connectivity index (χ4v) is 3.56. The van der Waals surface area contributed by atoms with Gasteiger partial charge >= 0.3 is 0 Å². The summed E-state index contributed by atoms with van der Waals surface area (Å²) in [6.07, 6.45) is 5.69. The predicted molar refractivity (Wildman–Crippen MR) is 83.1 cm³/mol. The van der Waals surface area contributed by atoms with Crippen LogP contribution in [0, 0.1) is 5.92 Å². The number of nitrogens with zero attached hydrogens (tertiary/aromatic N) is 1. The van der Waals surface area contributed by atoms with E-state index in [0.717, 1.165) is 26.1 Å². The zero-order valence-corrected chi connectivity index (χ0v) is 12.4. The topological polar surface area (TPSA) is 35.5 Å². The number of anilines is 1. The van der Waals surface area contributed by atoms with Crippen LogP contribution in [0.4, 0.5) is 5.69 Å². The molecule has 1 aromatic carbocycles. The lowest BCUT2D eigenvalue weighted by atomic mass is 9.86. The third-order valence-corrected chi connectivity index (χ3v) is 4.88. The standard InChI is InChI=1S/C17H26N2O/c1-19-9-8-14-10-13(6-7-16(14)19)11-18-12-15-4-2-3-5-17(15)20/h6-7,10,15,17-18,20H,2-5,8-9,11-12H2,1H3. The highest BCUT2D eigenvalue weighted by atomic mass is 16.3. The van der Waals surface area contributed by atoms with Crippen molar-refractivity contribution < 1.29 is 5.11 Å². The molecule has 0 amide bonds. The second kappa shape index (κ2) is 6.15. The number of likely N-dealkylation sites (N-methyl/N-ethyl adjacent to an activating group) is 1. The molecule has 20 heavy (non-hydrogen) atoms. The molecule has 1 aliphatic heterocycles. The van der Waals surface area contributed by atoms with Crippen molar-refractivity contribution in [3.63, 3.8) is 0 Å². The van der Waals surface area contributed by atoms with E-state index in [4.69, 9.17) is 0 Å². The van der Waals surface area contributed by atoms with Crippen molar-refractivity contribution in [3.8, 4) is 0 Å². The predicted octanol–water partition coefficient (Wildman–Crippen LogP) is 2.32. The van der Waals surface area contributed by atoms with Gasteiger partial charge in [-0.25, -0.2) is 0 Å². The lowest BCUT2D eigenvalue weighted by molar-refractivity contribution is 0.0695. The molecule has 1 aliphatic carbocycles. The summed E-state index contributed by atoms with van der Waals surface area (Å²) in [6.45, 7) is 3.00. The van der Waals surface area contributed by atoms with E-state index in [-0.39, 0.29) is 6.10 Å². The number of fused-ring (bicyclic) bond motifs is 1. The first-order valence-electron chi connectivity index (χ1n) is 7.96. The van der Waals surface area contributed by atoms with Crippen LogP contribution in [0.5, 0.6) is 0 Å². The molecule has 0 saturated heterocycles. The van der Waals surface area contributed by atoms with Gasteiger partial charge in [-0.15, -0.1) is 0 Å². The first kappa shape index (κ1) is 13.9. The Labute approximate surface area is 122 Å². The molecule has 1 heterocycles. The molecule has 2 atom stereocenters. The first-order valence-corrected chi connectivity index (χ1v) is 7.96. The third-order valence-electron chi connectivity index (χ3n) is 4.88. The summed E-state index contributed by atoms with van der Waals surface area (Å²) in [5.41, 5.74) is 4.23. The van der Waals surface area contributed by atoms with Crippen molar-refractivity contribution in [2.45, 2.75) is 44.8 Å². The Bertz CT molecular complexity index is 460. The molecule has 0 bridgehead atoms. The third kappa shape index (κ3) is 2.99. The van der Waals surface area contributed by atoms with Crippen molar-refractivity contribution in [1.82, 2.24) is 5.32 Å². The van der Waals surface area contributed by atoms with E-state index < -0.39 is 0 Å². The molecular weight excluding hydrogens is 248 g/mol. The average Bonchev–Trinajstić information content (AvgIpc) is 2.82. The highest BCUT2D eigenvalue weighted by molar-refractivity contribution is 5.58. The van der Waals surface area contributed by atoms with Gasteiger partial charge < -0.3 is 15.3 Å². The summed E-state index contributed by atoms with van der Waals surface area (Å²) in [4.78, 5) is 2.32. The number of aliphatic hydroxyl groups is 1. The second-order valence-corrected chi connectivity index (χ2v) is 6.38. The van der Waals surface area contributed by atoms with Gasteiger partial charge in [0.05, 0.1) is 6.10 Å². The average molecular weight is 274 g/mol. The van der Waals surface area contributed by atoms with E-state index in [1.54, 1.807) is 0 Å². The minimum absolute atomic E-state index is 0.0927. The van der Waals surface area contributed by atoms with Gasteiger partial charge in [-0.05, 0) is 42.4 Å². The number of aliphatic hydroxyl groups excluding tert-OH is 1. The Balaban J connectivity index is 1.51. The Morgan fingerprint density at radius 3 is 3.00 bits per heavy atom. The van der Waals surface area contributed by atoms with Crippen LogP contribution in [0.15, 0.2) is 18.2 Å². The Kier molecular flexibility index (Phi) is 4.27. The molecule has 2 unspecified atom stereocenters. The van der Waals surface area contributed by atoms with E-state index in [1.165, 1.54) is 42.5 Å². The molecule has 2 aliphatic rings. The van der Waals surface area contributed by atoms with Crippen molar-refractivity contribution in [2.24, 2.45) is 5.92 Å². The van der Waals surface area contributed by atoms with Crippen molar-refractivity contribution in [3.05, 3.63) is 29.3 Å². The number of rotatable bonds is 4. The number of benzene rings is 1. The number of nitrogens with one attached hydrogen (secondary N) is 1. The highest BCUT2D eigenvalue weighted by Crippen LogP contribution is 2.27. The number of hydrogen-bond acceptors (Lipinski definition) is 3.